The maximum Gasteiger partial charge on any atom is 0.241 e. The highest BCUT2D eigenvalue weighted by Gasteiger charge is 2.20. The van der Waals surface area contributed by atoms with E-state index in [0.29, 0.717) is 25.9 Å². The molecule has 3 N–H and O–H groups in total. The zero-order valence-corrected chi connectivity index (χ0v) is 13.2. The van der Waals surface area contributed by atoms with Gasteiger partial charge in [0.25, 0.3) is 0 Å². The van der Waals surface area contributed by atoms with Crippen LogP contribution in [0, 0.1) is 6.92 Å². The lowest BCUT2D eigenvalue weighted by Gasteiger charge is -2.30. The van der Waals surface area contributed by atoms with Crippen molar-refractivity contribution in [2.45, 2.75) is 38.6 Å². The summed E-state index contributed by atoms with van der Waals surface area (Å²) >= 11 is 0. The molecule has 0 aromatic heterocycles. The predicted molar refractivity (Wildman–Crippen MR) is 86.3 cm³/mol. The summed E-state index contributed by atoms with van der Waals surface area (Å²) in [6.45, 7) is 3.51. The molecule has 5 nitrogen and oxygen atoms in total. The molecular formula is C17H25N3O2. The summed E-state index contributed by atoms with van der Waals surface area (Å²) in [5.41, 5.74) is 8.16. The Morgan fingerprint density at radius 2 is 1.86 bits per heavy atom. The van der Waals surface area contributed by atoms with E-state index in [-0.39, 0.29) is 24.4 Å². The van der Waals surface area contributed by atoms with E-state index < -0.39 is 0 Å². The first-order valence-electron chi connectivity index (χ1n) is 7.90. The first-order valence-corrected chi connectivity index (χ1v) is 7.90. The number of hydrogen-bond acceptors (Lipinski definition) is 3. The van der Waals surface area contributed by atoms with Gasteiger partial charge in [-0.05, 0) is 31.7 Å². The van der Waals surface area contributed by atoms with E-state index in [2.05, 4.69) is 5.32 Å². The normalized spacial score (nSPS) is 15.6. The number of aryl methyl sites for hydroxylation is 2. The third-order valence-electron chi connectivity index (χ3n) is 4.09. The van der Waals surface area contributed by atoms with Crippen LogP contribution >= 0.6 is 0 Å². The van der Waals surface area contributed by atoms with Crippen LogP contribution in [0.4, 0.5) is 0 Å². The standard InChI is InChI=1S/C17H25N3O2/c1-13-2-4-14(5-3-13)6-7-16(21)19-12-17(22)20-10-8-15(18)9-11-20/h2-5,15H,6-12,18H2,1H3,(H,19,21). The van der Waals surface area contributed by atoms with E-state index in [1.165, 1.54) is 5.56 Å². The second-order valence-electron chi connectivity index (χ2n) is 5.98. The molecule has 1 fully saturated rings. The summed E-state index contributed by atoms with van der Waals surface area (Å²) < 4.78 is 0. The Morgan fingerprint density at radius 1 is 1.23 bits per heavy atom. The lowest BCUT2D eigenvalue weighted by Crippen LogP contribution is -2.46. The second kappa shape index (κ2) is 7.94. The van der Waals surface area contributed by atoms with Gasteiger partial charge in [-0.2, -0.15) is 0 Å². The van der Waals surface area contributed by atoms with Gasteiger partial charge in [0.2, 0.25) is 11.8 Å². The fourth-order valence-electron chi connectivity index (χ4n) is 2.54. The molecule has 0 unspecified atom stereocenters. The second-order valence-corrected chi connectivity index (χ2v) is 5.98. The van der Waals surface area contributed by atoms with Crippen LogP contribution in [0.2, 0.25) is 0 Å². The van der Waals surface area contributed by atoms with E-state index in [1.54, 1.807) is 4.90 Å². The molecule has 0 atom stereocenters. The van der Waals surface area contributed by atoms with Crippen LogP contribution in [0.5, 0.6) is 0 Å². The molecule has 120 valence electrons. The molecule has 1 heterocycles. The van der Waals surface area contributed by atoms with E-state index in [0.717, 1.165) is 18.4 Å². The van der Waals surface area contributed by atoms with Crippen molar-refractivity contribution >= 4 is 11.8 Å². The molecule has 1 saturated heterocycles. The SMILES string of the molecule is Cc1ccc(CCC(=O)NCC(=O)N2CCC(N)CC2)cc1. The van der Waals surface area contributed by atoms with Crippen molar-refractivity contribution in [1.29, 1.82) is 0 Å². The van der Waals surface area contributed by atoms with Crippen LogP contribution in [0.1, 0.15) is 30.4 Å². The number of likely N-dealkylation sites (tertiary alicyclic amines) is 1. The van der Waals surface area contributed by atoms with Gasteiger partial charge in [0, 0.05) is 25.6 Å². The van der Waals surface area contributed by atoms with Gasteiger partial charge in [-0.15, -0.1) is 0 Å². The minimum absolute atomic E-state index is 0.0180. The quantitative estimate of drug-likeness (QED) is 0.852. The van der Waals surface area contributed by atoms with E-state index in [9.17, 15) is 9.59 Å². The Bertz CT molecular complexity index is 505. The molecular weight excluding hydrogens is 278 g/mol. The van der Waals surface area contributed by atoms with Crippen molar-refractivity contribution in [3.8, 4) is 0 Å². The van der Waals surface area contributed by atoms with Crippen LogP contribution in [0.3, 0.4) is 0 Å². The van der Waals surface area contributed by atoms with E-state index >= 15 is 0 Å². The average molecular weight is 303 g/mol. The topological polar surface area (TPSA) is 75.4 Å². The summed E-state index contributed by atoms with van der Waals surface area (Å²) in [6, 6.07) is 8.35. The van der Waals surface area contributed by atoms with Crippen LogP contribution in [-0.4, -0.2) is 42.4 Å². The third-order valence-corrected chi connectivity index (χ3v) is 4.09. The molecule has 2 amide bonds. The van der Waals surface area contributed by atoms with Gasteiger partial charge < -0.3 is 16.0 Å². The van der Waals surface area contributed by atoms with Gasteiger partial charge in [-0.25, -0.2) is 0 Å². The summed E-state index contributed by atoms with van der Waals surface area (Å²) in [5, 5.41) is 2.71. The fourth-order valence-corrected chi connectivity index (χ4v) is 2.54. The lowest BCUT2D eigenvalue weighted by atomic mass is 10.1. The van der Waals surface area contributed by atoms with Crippen molar-refractivity contribution < 1.29 is 9.59 Å². The van der Waals surface area contributed by atoms with Gasteiger partial charge in [0.15, 0.2) is 0 Å². The zero-order chi connectivity index (χ0) is 15.9. The highest BCUT2D eigenvalue weighted by Crippen LogP contribution is 2.08. The molecule has 0 aliphatic carbocycles. The summed E-state index contributed by atoms with van der Waals surface area (Å²) in [6.07, 6.45) is 2.78. The summed E-state index contributed by atoms with van der Waals surface area (Å²) in [7, 11) is 0. The Morgan fingerprint density at radius 3 is 2.50 bits per heavy atom. The Hall–Kier alpha value is -1.88. The first kappa shape index (κ1) is 16.5. The van der Waals surface area contributed by atoms with E-state index in [4.69, 9.17) is 5.73 Å². The number of carbonyl (C=O) groups is 2. The van der Waals surface area contributed by atoms with Gasteiger partial charge >= 0.3 is 0 Å². The predicted octanol–water partition coefficient (Wildman–Crippen LogP) is 0.994. The number of rotatable bonds is 5. The minimum Gasteiger partial charge on any atom is -0.347 e. The van der Waals surface area contributed by atoms with Crippen molar-refractivity contribution in [3.05, 3.63) is 35.4 Å². The molecule has 22 heavy (non-hydrogen) atoms. The molecule has 1 aromatic rings. The molecule has 1 aliphatic heterocycles. The maximum atomic E-state index is 12.0. The fraction of sp³-hybridized carbons (Fsp3) is 0.529. The number of amides is 2. The van der Waals surface area contributed by atoms with Crippen molar-refractivity contribution in [2.75, 3.05) is 19.6 Å². The zero-order valence-electron chi connectivity index (χ0n) is 13.2. The number of nitrogens with one attached hydrogen (secondary N) is 1. The molecule has 0 bridgehead atoms. The Balaban J connectivity index is 1.66. The molecule has 0 spiro atoms. The largest absolute Gasteiger partial charge is 0.347 e. The smallest absolute Gasteiger partial charge is 0.241 e. The minimum atomic E-state index is -0.0809. The van der Waals surface area contributed by atoms with Gasteiger partial charge in [-0.3, -0.25) is 9.59 Å². The highest BCUT2D eigenvalue weighted by molar-refractivity contribution is 5.84. The van der Waals surface area contributed by atoms with Crippen molar-refractivity contribution in [3.63, 3.8) is 0 Å². The van der Waals surface area contributed by atoms with Crippen molar-refractivity contribution in [2.24, 2.45) is 5.73 Å². The molecule has 1 aliphatic rings. The van der Waals surface area contributed by atoms with Gasteiger partial charge in [0.1, 0.15) is 0 Å². The number of piperidine rings is 1. The van der Waals surface area contributed by atoms with Crippen LogP contribution in [0.25, 0.3) is 0 Å². The summed E-state index contributed by atoms with van der Waals surface area (Å²) in [4.78, 5) is 25.6. The lowest BCUT2D eigenvalue weighted by molar-refractivity contribution is -0.133. The van der Waals surface area contributed by atoms with Gasteiger partial charge in [0.05, 0.1) is 6.54 Å². The number of hydrogen-bond donors (Lipinski definition) is 2. The van der Waals surface area contributed by atoms with Crippen LogP contribution < -0.4 is 11.1 Å². The molecule has 5 heteroatoms. The Labute approximate surface area is 131 Å². The number of nitrogens with two attached hydrogens (primary N) is 1. The number of carbonyl (C=O) groups excluding carboxylic acids is 2. The monoisotopic (exact) mass is 303 g/mol. The van der Waals surface area contributed by atoms with E-state index in [1.807, 2.05) is 31.2 Å². The number of nitrogens with zero attached hydrogens (tertiary/aromatic N) is 1. The van der Waals surface area contributed by atoms with Crippen molar-refractivity contribution in [1.82, 2.24) is 10.2 Å². The number of benzene rings is 1. The van der Waals surface area contributed by atoms with Gasteiger partial charge in [-0.1, -0.05) is 29.8 Å². The maximum absolute atomic E-state index is 12.0. The Kier molecular flexibility index (Phi) is 5.95. The molecule has 0 saturated carbocycles. The molecule has 1 aromatic carbocycles. The first-order chi connectivity index (χ1) is 10.5. The highest BCUT2D eigenvalue weighted by atomic mass is 16.2. The average Bonchev–Trinajstić information content (AvgIpc) is 2.52. The third kappa shape index (κ3) is 5.15. The summed E-state index contributed by atoms with van der Waals surface area (Å²) in [5.74, 6) is -0.0989. The van der Waals surface area contributed by atoms with Crippen LogP contribution in [0.15, 0.2) is 24.3 Å². The molecule has 0 radical (unpaired) electrons. The molecule has 2 rings (SSSR count). The van der Waals surface area contributed by atoms with Crippen LogP contribution in [-0.2, 0) is 16.0 Å².